The van der Waals surface area contributed by atoms with Crippen molar-refractivity contribution >= 4 is 22.6 Å². The molecule has 6 nitrogen and oxygen atoms in total. The predicted octanol–water partition coefficient (Wildman–Crippen LogP) is 5.38. The van der Waals surface area contributed by atoms with Gasteiger partial charge in [-0.3, -0.25) is 4.79 Å². The highest BCUT2D eigenvalue weighted by Crippen LogP contribution is 2.48. The Hall–Kier alpha value is -4.71. The van der Waals surface area contributed by atoms with E-state index >= 15 is 0 Å². The molecule has 0 aliphatic heterocycles. The summed E-state index contributed by atoms with van der Waals surface area (Å²) in [5.74, 6) is -0.120. The number of benzene rings is 2. The minimum absolute atomic E-state index is 0.120. The highest BCUT2D eigenvalue weighted by atomic mass is 16.1. The van der Waals surface area contributed by atoms with Crippen LogP contribution in [0.3, 0.4) is 0 Å². The molecule has 0 fully saturated rings. The predicted molar refractivity (Wildman–Crippen MR) is 131 cm³/mol. The smallest absolute Gasteiger partial charge is 0.252 e. The van der Waals surface area contributed by atoms with Crippen molar-refractivity contribution in [1.29, 1.82) is 0 Å². The number of hydrogen-bond acceptors (Lipinski definition) is 3. The number of nitrogens with zero attached hydrogens (tertiary/aromatic N) is 3. The van der Waals surface area contributed by atoms with E-state index < -0.39 is 0 Å². The van der Waals surface area contributed by atoms with E-state index in [4.69, 9.17) is 0 Å². The summed E-state index contributed by atoms with van der Waals surface area (Å²) in [6.45, 7) is 0. The van der Waals surface area contributed by atoms with Crippen molar-refractivity contribution < 1.29 is 4.79 Å². The zero-order chi connectivity index (χ0) is 22.6. The third kappa shape index (κ3) is 2.72. The Labute approximate surface area is 194 Å². The van der Waals surface area contributed by atoms with Gasteiger partial charge in [0.25, 0.3) is 5.91 Å². The molecule has 0 saturated carbocycles. The van der Waals surface area contributed by atoms with E-state index in [9.17, 15) is 4.79 Å². The number of aromatic amines is 1. The van der Waals surface area contributed by atoms with Crippen LogP contribution >= 0.6 is 0 Å². The Kier molecular flexibility index (Phi) is 3.96. The first-order valence-corrected chi connectivity index (χ1v) is 11.2. The van der Waals surface area contributed by atoms with Gasteiger partial charge in [-0.1, -0.05) is 42.5 Å². The fourth-order valence-electron chi connectivity index (χ4n) is 5.10. The summed E-state index contributed by atoms with van der Waals surface area (Å²) in [6.07, 6.45) is 9.32. The molecule has 34 heavy (non-hydrogen) atoms. The van der Waals surface area contributed by atoms with Crippen molar-refractivity contribution in [2.45, 2.75) is 6.04 Å². The molecule has 4 aromatic heterocycles. The van der Waals surface area contributed by atoms with Gasteiger partial charge in [0, 0.05) is 36.4 Å². The highest BCUT2D eigenvalue weighted by Gasteiger charge is 2.32. The number of aromatic nitrogens is 4. The SMILES string of the molecule is O=C(NC1c2ccccc2-c2c(-c3ccc4nccn4c3)cccc21)c1ccnc2[nH]ccc12. The lowest BCUT2D eigenvalue weighted by atomic mass is 9.95. The van der Waals surface area contributed by atoms with E-state index in [0.717, 1.165) is 44.4 Å². The normalized spacial score (nSPS) is 14.3. The van der Waals surface area contributed by atoms with Crippen LogP contribution in [0.4, 0.5) is 0 Å². The molecule has 1 unspecified atom stereocenters. The first kappa shape index (κ1) is 18.8. The van der Waals surface area contributed by atoms with Gasteiger partial charge in [0.15, 0.2) is 0 Å². The monoisotopic (exact) mass is 441 g/mol. The van der Waals surface area contributed by atoms with Gasteiger partial charge in [-0.2, -0.15) is 0 Å². The zero-order valence-corrected chi connectivity index (χ0v) is 18.1. The third-order valence-electron chi connectivity index (χ3n) is 6.63. The van der Waals surface area contributed by atoms with Crippen molar-refractivity contribution in [3.63, 3.8) is 0 Å². The van der Waals surface area contributed by atoms with Gasteiger partial charge in [0.1, 0.15) is 11.3 Å². The molecule has 0 spiro atoms. The lowest BCUT2D eigenvalue weighted by Crippen LogP contribution is -2.28. The molecule has 2 aromatic carbocycles. The van der Waals surface area contributed by atoms with E-state index in [2.05, 4.69) is 68.9 Å². The molecule has 0 radical (unpaired) electrons. The van der Waals surface area contributed by atoms with Crippen LogP contribution in [0.2, 0.25) is 0 Å². The lowest BCUT2D eigenvalue weighted by Gasteiger charge is -2.17. The molecule has 2 N–H and O–H groups in total. The van der Waals surface area contributed by atoms with Crippen LogP contribution in [-0.4, -0.2) is 25.3 Å². The van der Waals surface area contributed by atoms with Crippen molar-refractivity contribution in [1.82, 2.24) is 24.7 Å². The number of pyridine rings is 2. The number of H-pyrrole nitrogens is 1. The van der Waals surface area contributed by atoms with Gasteiger partial charge in [-0.25, -0.2) is 9.97 Å². The number of carbonyl (C=O) groups is 1. The molecule has 0 saturated heterocycles. The summed E-state index contributed by atoms with van der Waals surface area (Å²) in [5, 5.41) is 4.11. The molecular weight excluding hydrogens is 422 g/mol. The van der Waals surface area contributed by atoms with E-state index in [1.165, 1.54) is 0 Å². The Balaban J connectivity index is 1.36. The number of rotatable bonds is 3. The molecule has 0 bridgehead atoms. The van der Waals surface area contributed by atoms with Gasteiger partial charge in [-0.05, 0) is 57.6 Å². The third-order valence-corrected chi connectivity index (χ3v) is 6.63. The van der Waals surface area contributed by atoms with Crippen molar-refractivity contribution in [3.8, 4) is 22.3 Å². The van der Waals surface area contributed by atoms with Crippen LogP contribution in [0.15, 0.2) is 97.7 Å². The Morgan fingerprint density at radius 1 is 0.882 bits per heavy atom. The van der Waals surface area contributed by atoms with E-state index in [0.29, 0.717) is 11.2 Å². The van der Waals surface area contributed by atoms with Gasteiger partial charge in [-0.15, -0.1) is 0 Å². The van der Waals surface area contributed by atoms with Crippen molar-refractivity contribution in [3.05, 3.63) is 114 Å². The number of imidazole rings is 1. The number of amides is 1. The second kappa shape index (κ2) is 7.15. The highest BCUT2D eigenvalue weighted by molar-refractivity contribution is 6.06. The van der Waals surface area contributed by atoms with E-state index in [1.54, 1.807) is 24.7 Å². The van der Waals surface area contributed by atoms with E-state index in [-0.39, 0.29) is 11.9 Å². The number of fused-ring (bicyclic) bond motifs is 5. The number of hydrogen-bond donors (Lipinski definition) is 2. The Bertz CT molecular complexity index is 1730. The van der Waals surface area contributed by atoms with Gasteiger partial charge in [0.2, 0.25) is 0 Å². The first-order chi connectivity index (χ1) is 16.8. The molecule has 162 valence electrons. The fraction of sp³-hybridized carbons (Fsp3) is 0.0357. The zero-order valence-electron chi connectivity index (χ0n) is 18.1. The van der Waals surface area contributed by atoms with Gasteiger partial charge >= 0.3 is 0 Å². The minimum Gasteiger partial charge on any atom is -0.346 e. The van der Waals surface area contributed by atoms with Crippen LogP contribution < -0.4 is 5.32 Å². The molecule has 7 rings (SSSR count). The minimum atomic E-state index is -0.238. The maximum absolute atomic E-state index is 13.4. The summed E-state index contributed by atoms with van der Waals surface area (Å²) in [7, 11) is 0. The quantitative estimate of drug-likeness (QED) is 0.387. The topological polar surface area (TPSA) is 75.1 Å². The summed E-state index contributed by atoms with van der Waals surface area (Å²) >= 11 is 0. The second-order valence-electron chi connectivity index (χ2n) is 8.47. The molecule has 6 heteroatoms. The molecule has 1 aliphatic carbocycles. The average molecular weight is 441 g/mol. The maximum atomic E-state index is 13.4. The van der Waals surface area contributed by atoms with Gasteiger partial charge in [0.05, 0.1) is 11.6 Å². The largest absolute Gasteiger partial charge is 0.346 e. The average Bonchev–Trinajstić information content (AvgIpc) is 3.61. The van der Waals surface area contributed by atoms with Crippen LogP contribution in [0.25, 0.3) is 38.9 Å². The van der Waals surface area contributed by atoms with Gasteiger partial charge < -0.3 is 14.7 Å². The first-order valence-electron chi connectivity index (χ1n) is 11.2. The van der Waals surface area contributed by atoms with Crippen LogP contribution in [0.1, 0.15) is 27.5 Å². The molecule has 1 atom stereocenters. The van der Waals surface area contributed by atoms with E-state index in [1.807, 2.05) is 28.8 Å². The molecular formula is C28H19N5O. The number of nitrogens with one attached hydrogen (secondary N) is 2. The lowest BCUT2D eigenvalue weighted by molar-refractivity contribution is 0.0945. The summed E-state index contributed by atoms with van der Waals surface area (Å²) in [5.41, 5.74) is 8.96. The second-order valence-corrected chi connectivity index (χ2v) is 8.47. The molecule has 1 amide bonds. The Morgan fingerprint density at radius 3 is 2.74 bits per heavy atom. The summed E-state index contributed by atoms with van der Waals surface area (Å²) in [4.78, 5) is 25.2. The molecule has 6 aromatic rings. The summed E-state index contributed by atoms with van der Waals surface area (Å²) in [6, 6.07) is 22.2. The Morgan fingerprint density at radius 2 is 1.76 bits per heavy atom. The fourth-order valence-corrected chi connectivity index (χ4v) is 5.10. The standard InChI is InChI=1S/C28H19N5O/c34-28(22-11-13-31-27-21(22)10-12-30-27)32-26-20-5-2-1-4-19(20)25-18(6-3-7-23(25)26)17-8-9-24-29-14-15-33(24)16-17/h1-16,26H,(H,30,31)(H,32,34). The van der Waals surface area contributed by atoms with Crippen LogP contribution in [-0.2, 0) is 0 Å². The number of carbonyl (C=O) groups excluding carboxylic acids is 1. The van der Waals surface area contributed by atoms with Crippen molar-refractivity contribution in [2.75, 3.05) is 0 Å². The van der Waals surface area contributed by atoms with Crippen LogP contribution in [0, 0.1) is 0 Å². The maximum Gasteiger partial charge on any atom is 0.252 e. The van der Waals surface area contributed by atoms with Crippen molar-refractivity contribution in [2.24, 2.45) is 0 Å². The summed E-state index contributed by atoms with van der Waals surface area (Å²) < 4.78 is 2.03. The van der Waals surface area contributed by atoms with Crippen LogP contribution in [0.5, 0.6) is 0 Å². The molecule has 1 aliphatic rings. The molecule has 4 heterocycles.